The van der Waals surface area contributed by atoms with Gasteiger partial charge in [-0.05, 0) is 58.3 Å². The van der Waals surface area contributed by atoms with Gasteiger partial charge in [0.15, 0.2) is 5.12 Å². The van der Waals surface area contributed by atoms with E-state index in [4.69, 9.17) is 0 Å². The van der Waals surface area contributed by atoms with Crippen LogP contribution < -0.4 is 0 Å². The van der Waals surface area contributed by atoms with Gasteiger partial charge in [-0.15, -0.1) is 0 Å². The molecule has 0 aliphatic heterocycles. The Morgan fingerprint density at radius 3 is 1.84 bits per heavy atom. The van der Waals surface area contributed by atoms with Crippen molar-refractivity contribution in [2.24, 2.45) is 17.8 Å². The minimum Gasteiger partial charge on any atom is -0.300 e. The first-order valence-electron chi connectivity index (χ1n) is 7.23. The lowest BCUT2D eigenvalue weighted by Crippen LogP contribution is -2.34. The van der Waals surface area contributed by atoms with E-state index in [0.29, 0.717) is 5.92 Å². The summed E-state index contributed by atoms with van der Waals surface area (Å²) < 4.78 is 0.125. The van der Waals surface area contributed by atoms with Crippen molar-refractivity contribution in [2.75, 3.05) is 0 Å². The highest BCUT2D eigenvalue weighted by molar-refractivity contribution is 8.14. The molecule has 2 nitrogen and oxygen atoms in total. The molecule has 0 N–H and O–H groups in total. The second-order valence-corrected chi connectivity index (χ2v) is 8.40. The maximum Gasteiger partial charge on any atom is 0.186 e. The summed E-state index contributed by atoms with van der Waals surface area (Å²) in [5, 5.41) is 0.256. The first-order chi connectivity index (χ1) is 8.56. The van der Waals surface area contributed by atoms with Crippen LogP contribution in [0.15, 0.2) is 0 Å². The van der Waals surface area contributed by atoms with E-state index in [9.17, 15) is 9.59 Å². The van der Waals surface area contributed by atoms with Crippen molar-refractivity contribution in [3.8, 4) is 0 Å². The van der Waals surface area contributed by atoms with Crippen LogP contribution in [0.3, 0.4) is 0 Å². The van der Waals surface area contributed by atoms with Gasteiger partial charge in [-0.2, -0.15) is 0 Å². The predicted octanol–water partition coefficient (Wildman–Crippen LogP) is 4.71. The van der Waals surface area contributed by atoms with Crippen LogP contribution in [0.5, 0.6) is 0 Å². The highest BCUT2D eigenvalue weighted by Gasteiger charge is 2.36. The molecular weight excluding hydrogens is 256 g/mol. The van der Waals surface area contributed by atoms with Crippen LogP contribution in [0, 0.1) is 17.8 Å². The van der Waals surface area contributed by atoms with E-state index in [0.717, 1.165) is 11.8 Å². The monoisotopic (exact) mass is 286 g/mol. The SMILES string of the molecule is CC(=O)SC(C)(C)C1CCC(C)C(C)C1.CC(C)=O. The van der Waals surface area contributed by atoms with Gasteiger partial charge in [0.25, 0.3) is 0 Å². The van der Waals surface area contributed by atoms with Crippen LogP contribution in [0.25, 0.3) is 0 Å². The van der Waals surface area contributed by atoms with E-state index in [1.54, 1.807) is 6.92 Å². The number of ketones is 1. The van der Waals surface area contributed by atoms with Crippen molar-refractivity contribution < 1.29 is 9.59 Å². The number of hydrogen-bond acceptors (Lipinski definition) is 3. The normalized spacial score (nSPS) is 27.2. The molecular formula is C16H30O2S. The van der Waals surface area contributed by atoms with E-state index in [1.807, 2.05) is 0 Å². The summed E-state index contributed by atoms with van der Waals surface area (Å²) in [6, 6.07) is 0. The van der Waals surface area contributed by atoms with Gasteiger partial charge < -0.3 is 4.79 Å². The van der Waals surface area contributed by atoms with Crippen molar-refractivity contribution in [1.29, 1.82) is 0 Å². The molecule has 1 saturated carbocycles. The second kappa shape index (κ2) is 8.08. The highest BCUT2D eigenvalue weighted by Crippen LogP contribution is 2.44. The van der Waals surface area contributed by atoms with Crippen molar-refractivity contribution in [3.63, 3.8) is 0 Å². The zero-order valence-electron chi connectivity index (χ0n) is 13.6. The minimum absolute atomic E-state index is 0.125. The number of rotatable bonds is 2. The molecule has 0 aromatic carbocycles. The molecule has 0 saturated heterocycles. The number of Topliss-reactive ketones (excluding diaryl/α,β-unsaturated/α-hetero) is 1. The average molecular weight is 286 g/mol. The molecule has 3 heteroatoms. The number of hydrogen-bond donors (Lipinski definition) is 0. The second-order valence-electron chi connectivity index (χ2n) is 6.57. The fraction of sp³-hybridized carbons (Fsp3) is 0.875. The Kier molecular flexibility index (Phi) is 7.95. The van der Waals surface area contributed by atoms with Gasteiger partial charge in [0.2, 0.25) is 0 Å². The lowest BCUT2D eigenvalue weighted by atomic mass is 9.72. The molecule has 0 bridgehead atoms. The third kappa shape index (κ3) is 7.76. The summed E-state index contributed by atoms with van der Waals surface area (Å²) in [5.41, 5.74) is 0. The average Bonchev–Trinajstić information content (AvgIpc) is 2.19. The molecule has 3 atom stereocenters. The predicted molar refractivity (Wildman–Crippen MR) is 84.4 cm³/mol. The zero-order chi connectivity index (χ0) is 15.2. The third-order valence-electron chi connectivity index (χ3n) is 3.99. The molecule has 0 aromatic rings. The smallest absolute Gasteiger partial charge is 0.186 e. The van der Waals surface area contributed by atoms with E-state index in [-0.39, 0.29) is 15.6 Å². The summed E-state index contributed by atoms with van der Waals surface area (Å²) in [5.74, 6) is 2.55. The maximum absolute atomic E-state index is 11.2. The molecule has 0 spiro atoms. The van der Waals surface area contributed by atoms with Gasteiger partial charge in [0, 0.05) is 11.7 Å². The van der Waals surface area contributed by atoms with Crippen LogP contribution in [0.2, 0.25) is 0 Å². The fourth-order valence-corrected chi connectivity index (χ4v) is 3.75. The summed E-state index contributed by atoms with van der Waals surface area (Å²) in [6.45, 7) is 13.9. The van der Waals surface area contributed by atoms with Crippen LogP contribution in [-0.4, -0.2) is 15.6 Å². The summed E-state index contributed by atoms with van der Waals surface area (Å²) in [4.78, 5) is 20.7. The Bertz CT molecular complexity index is 306. The Hall–Kier alpha value is -0.310. The van der Waals surface area contributed by atoms with Crippen molar-refractivity contribution >= 4 is 22.7 Å². The molecule has 1 aliphatic carbocycles. The molecule has 1 rings (SSSR count). The first kappa shape index (κ1) is 18.7. The maximum atomic E-state index is 11.2. The van der Waals surface area contributed by atoms with Crippen LogP contribution in [0.1, 0.15) is 67.7 Å². The molecule has 0 aromatic heterocycles. The molecule has 0 amide bonds. The van der Waals surface area contributed by atoms with E-state index in [2.05, 4.69) is 27.7 Å². The lowest BCUT2D eigenvalue weighted by Gasteiger charge is -2.40. The quantitative estimate of drug-likeness (QED) is 0.737. The summed E-state index contributed by atoms with van der Waals surface area (Å²) in [6.07, 6.45) is 3.90. The first-order valence-corrected chi connectivity index (χ1v) is 8.04. The Labute approximate surface area is 123 Å². The van der Waals surface area contributed by atoms with Gasteiger partial charge in [0.1, 0.15) is 5.78 Å². The lowest BCUT2D eigenvalue weighted by molar-refractivity contribution is -0.115. The molecule has 1 fully saturated rings. The Morgan fingerprint density at radius 1 is 1.00 bits per heavy atom. The van der Waals surface area contributed by atoms with Gasteiger partial charge in [0.05, 0.1) is 0 Å². The van der Waals surface area contributed by atoms with Crippen molar-refractivity contribution in [3.05, 3.63) is 0 Å². The minimum atomic E-state index is 0.125. The number of carbonyl (C=O) groups excluding carboxylic acids is 2. The standard InChI is InChI=1S/C13H24OS.C3H6O/c1-9-6-7-12(8-10(9)2)13(4,5)15-11(3)14;1-3(2)4/h9-10,12H,6-8H2,1-5H3;1-2H3. The van der Waals surface area contributed by atoms with Crippen molar-refractivity contribution in [1.82, 2.24) is 0 Å². The number of thioether (sulfide) groups is 1. The van der Waals surface area contributed by atoms with Gasteiger partial charge >= 0.3 is 0 Å². The number of carbonyl (C=O) groups is 2. The molecule has 19 heavy (non-hydrogen) atoms. The largest absolute Gasteiger partial charge is 0.300 e. The van der Waals surface area contributed by atoms with Gasteiger partial charge in [-0.25, -0.2) is 0 Å². The molecule has 3 unspecified atom stereocenters. The van der Waals surface area contributed by atoms with Crippen LogP contribution in [-0.2, 0) is 9.59 Å². The van der Waals surface area contributed by atoms with E-state index in [1.165, 1.54) is 44.9 Å². The molecule has 1 aliphatic rings. The highest BCUT2D eigenvalue weighted by atomic mass is 32.2. The van der Waals surface area contributed by atoms with Crippen LogP contribution >= 0.6 is 11.8 Å². The van der Waals surface area contributed by atoms with E-state index < -0.39 is 0 Å². The van der Waals surface area contributed by atoms with Crippen LogP contribution in [0.4, 0.5) is 0 Å². The third-order valence-corrected chi connectivity index (χ3v) is 5.14. The van der Waals surface area contributed by atoms with Gasteiger partial charge in [-0.1, -0.05) is 32.0 Å². The Morgan fingerprint density at radius 2 is 1.47 bits per heavy atom. The van der Waals surface area contributed by atoms with E-state index >= 15 is 0 Å². The summed E-state index contributed by atoms with van der Waals surface area (Å²) >= 11 is 1.53. The topological polar surface area (TPSA) is 34.1 Å². The fourth-order valence-electron chi connectivity index (χ4n) is 2.63. The molecule has 112 valence electrons. The zero-order valence-corrected chi connectivity index (χ0v) is 14.4. The van der Waals surface area contributed by atoms with Gasteiger partial charge in [-0.3, -0.25) is 4.79 Å². The summed E-state index contributed by atoms with van der Waals surface area (Å²) in [7, 11) is 0. The van der Waals surface area contributed by atoms with Crippen molar-refractivity contribution in [2.45, 2.75) is 72.5 Å². The molecule has 0 radical (unpaired) electrons. The molecule has 0 heterocycles. The Balaban J connectivity index is 0.000000711.